The second-order valence-corrected chi connectivity index (χ2v) is 6.07. The highest BCUT2D eigenvalue weighted by Crippen LogP contribution is 2.63. The molecule has 3 aliphatic carbocycles. The van der Waals surface area contributed by atoms with Crippen molar-refractivity contribution in [3.8, 4) is 0 Å². The second kappa shape index (κ2) is 3.01. The van der Waals surface area contributed by atoms with Crippen LogP contribution in [0.5, 0.6) is 0 Å². The molecular weight excluding hydrogens is 192 g/mol. The normalized spacial score (nSPS) is 51.8. The van der Waals surface area contributed by atoms with Crippen molar-refractivity contribution in [3.05, 3.63) is 12.2 Å². The molecule has 2 bridgehead atoms. The Hall–Kier alpha value is 0.0300. The lowest BCUT2D eigenvalue weighted by molar-refractivity contribution is 0.0667. The molecule has 3 saturated carbocycles. The number of hydrogen-bond donors (Lipinski definition) is 0. The van der Waals surface area contributed by atoms with Crippen molar-refractivity contribution < 1.29 is 0 Å². The van der Waals surface area contributed by atoms with E-state index in [0.717, 1.165) is 5.92 Å². The summed E-state index contributed by atoms with van der Waals surface area (Å²) < 4.78 is 0. The zero-order chi connectivity index (χ0) is 9.76. The van der Waals surface area contributed by atoms with Crippen molar-refractivity contribution >= 4 is 11.6 Å². The minimum Gasteiger partial charge on any atom is -0.122 e. The predicted octanol–water partition coefficient (Wildman–Crippen LogP) is 4.14. The van der Waals surface area contributed by atoms with E-state index in [4.69, 9.17) is 11.6 Å². The van der Waals surface area contributed by atoms with Gasteiger partial charge < -0.3 is 0 Å². The van der Waals surface area contributed by atoms with E-state index in [1.807, 2.05) is 0 Å². The van der Waals surface area contributed by atoms with Gasteiger partial charge in [0.05, 0.1) is 0 Å². The SMILES string of the molecule is C=C1CC23CCCCC2CCC1C3Cl. The molecule has 0 aromatic rings. The first kappa shape index (κ1) is 9.27. The Kier molecular flexibility index (Phi) is 1.99. The minimum absolute atomic E-state index is 0.425. The minimum atomic E-state index is 0.425. The molecule has 0 nitrogen and oxygen atoms in total. The van der Waals surface area contributed by atoms with Crippen molar-refractivity contribution in [2.45, 2.75) is 50.3 Å². The summed E-state index contributed by atoms with van der Waals surface area (Å²) in [5, 5.41) is 0.425. The van der Waals surface area contributed by atoms with Crippen molar-refractivity contribution in [1.29, 1.82) is 0 Å². The van der Waals surface area contributed by atoms with Crippen LogP contribution >= 0.6 is 11.6 Å². The van der Waals surface area contributed by atoms with Gasteiger partial charge in [0.25, 0.3) is 0 Å². The van der Waals surface area contributed by atoms with Crippen LogP contribution in [-0.4, -0.2) is 5.38 Å². The van der Waals surface area contributed by atoms with Crippen LogP contribution in [0.1, 0.15) is 44.9 Å². The molecule has 4 unspecified atom stereocenters. The molecular formula is C13H19Cl. The summed E-state index contributed by atoms with van der Waals surface area (Å²) in [5.74, 6) is 1.58. The average molecular weight is 211 g/mol. The highest BCUT2D eigenvalue weighted by atomic mass is 35.5. The molecule has 1 spiro atoms. The topological polar surface area (TPSA) is 0 Å². The zero-order valence-electron chi connectivity index (χ0n) is 8.77. The summed E-state index contributed by atoms with van der Waals surface area (Å²) in [6, 6.07) is 0. The van der Waals surface area contributed by atoms with Crippen LogP contribution in [-0.2, 0) is 0 Å². The van der Waals surface area contributed by atoms with E-state index in [2.05, 4.69) is 6.58 Å². The quantitative estimate of drug-likeness (QED) is 0.417. The van der Waals surface area contributed by atoms with Crippen molar-refractivity contribution in [2.75, 3.05) is 0 Å². The molecule has 0 N–H and O–H groups in total. The molecule has 0 aromatic heterocycles. The Morgan fingerprint density at radius 1 is 1.21 bits per heavy atom. The first-order chi connectivity index (χ1) is 6.74. The van der Waals surface area contributed by atoms with Gasteiger partial charge in [0.1, 0.15) is 0 Å². The number of allylic oxidation sites excluding steroid dienone is 1. The van der Waals surface area contributed by atoms with E-state index in [1.165, 1.54) is 50.5 Å². The monoisotopic (exact) mass is 210 g/mol. The summed E-state index contributed by atoms with van der Waals surface area (Å²) >= 11 is 6.68. The Morgan fingerprint density at radius 2 is 2.07 bits per heavy atom. The molecule has 0 radical (unpaired) electrons. The van der Waals surface area contributed by atoms with Crippen LogP contribution in [0.4, 0.5) is 0 Å². The van der Waals surface area contributed by atoms with Crippen molar-refractivity contribution in [1.82, 2.24) is 0 Å². The lowest BCUT2D eigenvalue weighted by atomic mass is 9.60. The fourth-order valence-corrected chi connectivity index (χ4v) is 5.02. The van der Waals surface area contributed by atoms with Gasteiger partial charge in [0.15, 0.2) is 0 Å². The summed E-state index contributed by atoms with van der Waals surface area (Å²) in [6.45, 7) is 4.25. The molecule has 0 heterocycles. The van der Waals surface area contributed by atoms with E-state index in [-0.39, 0.29) is 0 Å². The van der Waals surface area contributed by atoms with Gasteiger partial charge in [-0.25, -0.2) is 0 Å². The maximum atomic E-state index is 6.68. The molecule has 0 aromatic carbocycles. The molecule has 1 heteroatoms. The van der Waals surface area contributed by atoms with Gasteiger partial charge in [-0.05, 0) is 49.4 Å². The lowest BCUT2D eigenvalue weighted by Crippen LogP contribution is -2.42. The van der Waals surface area contributed by atoms with E-state index >= 15 is 0 Å². The zero-order valence-corrected chi connectivity index (χ0v) is 9.52. The van der Waals surface area contributed by atoms with Crippen LogP contribution in [0.15, 0.2) is 12.2 Å². The number of rotatable bonds is 0. The lowest BCUT2D eigenvalue weighted by Gasteiger charge is -2.47. The molecule has 3 aliphatic rings. The number of halogens is 1. The smallest absolute Gasteiger partial charge is 0.0463 e. The fourth-order valence-electron chi connectivity index (χ4n) is 4.35. The molecule has 4 atom stereocenters. The van der Waals surface area contributed by atoms with Crippen molar-refractivity contribution in [3.63, 3.8) is 0 Å². The van der Waals surface area contributed by atoms with E-state index < -0.39 is 0 Å². The molecule has 3 rings (SSSR count). The average Bonchev–Trinajstić information content (AvgIpc) is 2.36. The van der Waals surface area contributed by atoms with Crippen LogP contribution in [0.2, 0.25) is 0 Å². The maximum Gasteiger partial charge on any atom is 0.0463 e. The summed E-state index contributed by atoms with van der Waals surface area (Å²) in [7, 11) is 0. The van der Waals surface area contributed by atoms with Crippen LogP contribution in [0, 0.1) is 17.3 Å². The predicted molar refractivity (Wildman–Crippen MR) is 60.5 cm³/mol. The van der Waals surface area contributed by atoms with E-state index in [9.17, 15) is 0 Å². The fraction of sp³-hybridized carbons (Fsp3) is 0.846. The summed E-state index contributed by atoms with van der Waals surface area (Å²) in [6.07, 6.45) is 9.64. The van der Waals surface area contributed by atoms with Crippen LogP contribution in [0.3, 0.4) is 0 Å². The van der Waals surface area contributed by atoms with E-state index in [0.29, 0.717) is 16.7 Å². The third-order valence-electron chi connectivity index (χ3n) is 5.07. The Morgan fingerprint density at radius 3 is 2.93 bits per heavy atom. The van der Waals surface area contributed by atoms with Gasteiger partial charge in [-0.3, -0.25) is 0 Å². The standard InChI is InChI=1S/C13H19Cl/c1-9-8-13-7-3-2-4-10(13)5-6-11(9)12(13)14/h10-12H,1-8H2. The van der Waals surface area contributed by atoms with E-state index in [1.54, 1.807) is 0 Å². The number of hydrogen-bond acceptors (Lipinski definition) is 0. The maximum absolute atomic E-state index is 6.68. The third kappa shape index (κ3) is 1.01. The summed E-state index contributed by atoms with van der Waals surface area (Å²) in [5.41, 5.74) is 1.95. The Balaban J connectivity index is 1.99. The van der Waals surface area contributed by atoms with Gasteiger partial charge >= 0.3 is 0 Å². The molecule has 14 heavy (non-hydrogen) atoms. The number of alkyl halides is 1. The highest BCUT2D eigenvalue weighted by Gasteiger charge is 2.56. The molecule has 78 valence electrons. The third-order valence-corrected chi connectivity index (χ3v) is 5.81. The Labute approximate surface area is 91.7 Å². The molecule has 3 fully saturated rings. The largest absolute Gasteiger partial charge is 0.122 e. The van der Waals surface area contributed by atoms with Gasteiger partial charge in [-0.1, -0.05) is 25.0 Å². The van der Waals surface area contributed by atoms with Gasteiger partial charge in [-0.15, -0.1) is 11.6 Å². The molecule has 0 amide bonds. The van der Waals surface area contributed by atoms with Crippen LogP contribution in [0.25, 0.3) is 0 Å². The first-order valence-corrected chi connectivity index (χ1v) is 6.49. The van der Waals surface area contributed by atoms with Crippen LogP contribution < -0.4 is 0 Å². The summed E-state index contributed by atoms with van der Waals surface area (Å²) in [4.78, 5) is 0. The second-order valence-electron chi connectivity index (χ2n) is 5.60. The van der Waals surface area contributed by atoms with Gasteiger partial charge in [-0.2, -0.15) is 0 Å². The Bertz CT molecular complexity index is 270. The molecule has 0 aliphatic heterocycles. The first-order valence-electron chi connectivity index (χ1n) is 6.06. The van der Waals surface area contributed by atoms with Gasteiger partial charge in [0, 0.05) is 5.38 Å². The highest BCUT2D eigenvalue weighted by molar-refractivity contribution is 6.22. The van der Waals surface area contributed by atoms with Crippen molar-refractivity contribution in [2.24, 2.45) is 17.3 Å². The molecule has 0 saturated heterocycles. The number of fused-ring (bicyclic) bond motifs is 1. The van der Waals surface area contributed by atoms with Gasteiger partial charge in [0.2, 0.25) is 0 Å².